The van der Waals surface area contributed by atoms with E-state index in [-0.39, 0.29) is 11.0 Å². The van der Waals surface area contributed by atoms with Gasteiger partial charge >= 0.3 is 0 Å². The second kappa shape index (κ2) is 9.32. The molecule has 0 bridgehead atoms. The number of aromatic nitrogens is 1. The van der Waals surface area contributed by atoms with Crippen molar-refractivity contribution in [2.75, 3.05) is 40.3 Å². The molecule has 1 fully saturated rings. The smallest absolute Gasteiger partial charge is 0.257 e. The number of carbonyl (C=O) groups excluding carboxylic acids is 1. The summed E-state index contributed by atoms with van der Waals surface area (Å²) in [7, 11) is 3.70. The Balaban J connectivity index is 1.43. The number of hydrogen-bond donors (Lipinski definition) is 2. The quantitative estimate of drug-likeness (QED) is 0.639. The number of H-pyrrole nitrogens is 1. The van der Waals surface area contributed by atoms with Gasteiger partial charge in [0.25, 0.3) is 5.91 Å². The van der Waals surface area contributed by atoms with Gasteiger partial charge in [0.1, 0.15) is 11.3 Å². The molecule has 0 saturated carbocycles. The fourth-order valence-electron chi connectivity index (χ4n) is 3.87. The lowest BCUT2D eigenvalue weighted by molar-refractivity contribution is 0.0949. The summed E-state index contributed by atoms with van der Waals surface area (Å²) < 4.78 is 5.19. The molecular weight excluding hydrogens is 392 g/mol. The third-order valence-corrected chi connectivity index (χ3v) is 5.78. The minimum Gasteiger partial charge on any atom is -0.497 e. The third kappa shape index (κ3) is 4.95. The number of fused-ring (bicyclic) bond motifs is 1. The summed E-state index contributed by atoms with van der Waals surface area (Å²) >= 11 is 0. The molecule has 31 heavy (non-hydrogen) atoms. The van der Waals surface area contributed by atoms with Crippen molar-refractivity contribution in [1.29, 1.82) is 0 Å². The van der Waals surface area contributed by atoms with Crippen molar-refractivity contribution in [3.63, 3.8) is 0 Å². The number of carbonyl (C=O) groups is 1. The van der Waals surface area contributed by atoms with Gasteiger partial charge in [0.05, 0.1) is 7.11 Å². The second-order valence-corrected chi connectivity index (χ2v) is 8.03. The lowest BCUT2D eigenvalue weighted by Gasteiger charge is -2.32. The number of nitrogens with one attached hydrogen (secondary N) is 2. The van der Waals surface area contributed by atoms with Gasteiger partial charge in [0.2, 0.25) is 5.43 Å². The Morgan fingerprint density at radius 2 is 1.87 bits per heavy atom. The van der Waals surface area contributed by atoms with Gasteiger partial charge in [-0.15, -0.1) is 0 Å². The highest BCUT2D eigenvalue weighted by Gasteiger charge is 2.15. The Bertz CT molecular complexity index is 1130. The average molecular weight is 421 g/mol. The lowest BCUT2D eigenvalue weighted by Crippen LogP contribution is -2.43. The van der Waals surface area contributed by atoms with Crippen molar-refractivity contribution in [2.24, 2.45) is 0 Å². The number of pyridine rings is 1. The molecule has 2 aromatic carbocycles. The average Bonchev–Trinajstić information content (AvgIpc) is 2.79. The van der Waals surface area contributed by atoms with Crippen LogP contribution in [0.1, 0.15) is 21.5 Å². The molecule has 0 atom stereocenters. The molecule has 7 heteroatoms. The van der Waals surface area contributed by atoms with Crippen molar-refractivity contribution in [1.82, 2.24) is 20.1 Å². The molecule has 1 aromatic heterocycles. The van der Waals surface area contributed by atoms with E-state index in [9.17, 15) is 9.59 Å². The zero-order valence-corrected chi connectivity index (χ0v) is 18.0. The lowest BCUT2D eigenvalue weighted by atomic mass is 10.1. The van der Waals surface area contributed by atoms with E-state index in [2.05, 4.69) is 39.3 Å². The second-order valence-electron chi connectivity index (χ2n) is 8.03. The molecule has 2 heterocycles. The van der Waals surface area contributed by atoms with Crippen LogP contribution in [-0.4, -0.2) is 61.0 Å². The van der Waals surface area contributed by atoms with Gasteiger partial charge in [-0.1, -0.05) is 24.3 Å². The Morgan fingerprint density at radius 3 is 2.65 bits per heavy atom. The van der Waals surface area contributed by atoms with Crippen molar-refractivity contribution < 1.29 is 9.53 Å². The van der Waals surface area contributed by atoms with Crippen LogP contribution in [-0.2, 0) is 13.1 Å². The van der Waals surface area contributed by atoms with Gasteiger partial charge in [0.15, 0.2) is 0 Å². The first-order valence-electron chi connectivity index (χ1n) is 10.5. The van der Waals surface area contributed by atoms with Crippen LogP contribution in [0.25, 0.3) is 10.9 Å². The number of rotatable bonds is 6. The molecular formula is C24H28N4O3. The number of piperazine rings is 1. The maximum atomic E-state index is 12.8. The van der Waals surface area contributed by atoms with Gasteiger partial charge in [-0.3, -0.25) is 14.5 Å². The number of aromatic amines is 1. The monoisotopic (exact) mass is 420 g/mol. The van der Waals surface area contributed by atoms with E-state index in [1.165, 1.54) is 11.8 Å². The third-order valence-electron chi connectivity index (χ3n) is 5.78. The van der Waals surface area contributed by atoms with E-state index in [1.807, 2.05) is 12.1 Å². The summed E-state index contributed by atoms with van der Waals surface area (Å²) in [6.45, 7) is 5.57. The van der Waals surface area contributed by atoms with Crippen molar-refractivity contribution in [3.05, 3.63) is 75.6 Å². The highest BCUT2D eigenvalue weighted by molar-refractivity contribution is 5.97. The van der Waals surface area contributed by atoms with Crippen LogP contribution in [0.2, 0.25) is 0 Å². The molecule has 0 unspecified atom stereocenters. The zero-order valence-electron chi connectivity index (χ0n) is 18.0. The van der Waals surface area contributed by atoms with Crippen LogP contribution in [0, 0.1) is 0 Å². The summed E-state index contributed by atoms with van der Waals surface area (Å²) in [6, 6.07) is 13.4. The molecule has 162 valence electrons. The summed E-state index contributed by atoms with van der Waals surface area (Å²) in [5.41, 5.74) is 2.69. The first-order chi connectivity index (χ1) is 15.0. The summed E-state index contributed by atoms with van der Waals surface area (Å²) in [4.78, 5) is 33.3. The number of methoxy groups -OCH3 is 1. The minimum absolute atomic E-state index is 0.0920. The molecule has 3 aromatic rings. The Labute approximate surface area is 181 Å². The molecule has 1 aliphatic rings. The Kier molecular flexibility index (Phi) is 6.34. The van der Waals surface area contributed by atoms with E-state index in [4.69, 9.17) is 4.74 Å². The van der Waals surface area contributed by atoms with Crippen LogP contribution in [0.5, 0.6) is 5.75 Å². The minimum atomic E-state index is -0.393. The van der Waals surface area contributed by atoms with E-state index in [0.717, 1.165) is 38.3 Å². The van der Waals surface area contributed by atoms with E-state index in [1.54, 1.807) is 25.3 Å². The van der Waals surface area contributed by atoms with Crippen molar-refractivity contribution >= 4 is 16.8 Å². The first-order valence-corrected chi connectivity index (χ1v) is 10.5. The van der Waals surface area contributed by atoms with Crippen LogP contribution >= 0.6 is 0 Å². The molecule has 1 aliphatic heterocycles. The van der Waals surface area contributed by atoms with Crippen molar-refractivity contribution in [3.8, 4) is 5.75 Å². The van der Waals surface area contributed by atoms with Crippen LogP contribution in [0.3, 0.4) is 0 Å². The number of hydrogen-bond acceptors (Lipinski definition) is 5. The number of amides is 1. The van der Waals surface area contributed by atoms with E-state index in [0.29, 0.717) is 23.2 Å². The molecule has 1 amide bonds. The number of likely N-dealkylation sites (N-methyl/N-ethyl adjacent to an activating group) is 1. The van der Waals surface area contributed by atoms with Gasteiger partial charge in [0, 0.05) is 56.4 Å². The van der Waals surface area contributed by atoms with Gasteiger partial charge in [-0.25, -0.2) is 0 Å². The predicted molar refractivity (Wildman–Crippen MR) is 122 cm³/mol. The van der Waals surface area contributed by atoms with Crippen LogP contribution in [0.15, 0.2) is 53.5 Å². The Hall–Kier alpha value is -3.16. The molecule has 4 rings (SSSR count). The van der Waals surface area contributed by atoms with Gasteiger partial charge in [-0.05, 0) is 36.4 Å². The fourth-order valence-corrected chi connectivity index (χ4v) is 3.87. The largest absolute Gasteiger partial charge is 0.497 e. The molecule has 0 spiro atoms. The molecule has 0 radical (unpaired) electrons. The maximum Gasteiger partial charge on any atom is 0.257 e. The topological polar surface area (TPSA) is 77.7 Å². The summed E-state index contributed by atoms with van der Waals surface area (Å²) in [6.07, 6.45) is 1.47. The van der Waals surface area contributed by atoms with Gasteiger partial charge < -0.3 is 19.9 Å². The zero-order chi connectivity index (χ0) is 21.8. The van der Waals surface area contributed by atoms with E-state index < -0.39 is 5.91 Å². The summed E-state index contributed by atoms with van der Waals surface area (Å²) in [5, 5.41) is 3.31. The van der Waals surface area contributed by atoms with Crippen LogP contribution in [0.4, 0.5) is 0 Å². The highest BCUT2D eigenvalue weighted by atomic mass is 16.5. The van der Waals surface area contributed by atoms with Crippen molar-refractivity contribution in [2.45, 2.75) is 13.1 Å². The molecule has 7 nitrogen and oxygen atoms in total. The standard InChI is InChI=1S/C24H28N4O3/c1-27-8-10-28(11-9-27)16-18-5-3-4-17(12-18)14-26-24(30)21-15-25-22-7-6-19(31-2)13-20(22)23(21)29/h3-7,12-13,15H,8-11,14,16H2,1-2H3,(H,25,29)(H,26,30). The number of ether oxygens (including phenoxy) is 1. The number of nitrogens with zero attached hydrogens (tertiary/aromatic N) is 2. The van der Waals surface area contributed by atoms with Crippen LogP contribution < -0.4 is 15.5 Å². The predicted octanol–water partition coefficient (Wildman–Crippen LogP) is 2.21. The van der Waals surface area contributed by atoms with E-state index >= 15 is 0 Å². The molecule has 0 aliphatic carbocycles. The maximum absolute atomic E-state index is 12.8. The summed E-state index contributed by atoms with van der Waals surface area (Å²) in [5.74, 6) is 0.183. The normalized spacial score (nSPS) is 15.2. The first kappa shape index (κ1) is 21.1. The fraction of sp³-hybridized carbons (Fsp3) is 0.333. The SMILES string of the molecule is COc1ccc2[nH]cc(C(=O)NCc3cccc(CN4CCN(C)CC4)c3)c(=O)c2c1. The highest BCUT2D eigenvalue weighted by Crippen LogP contribution is 2.17. The molecule has 1 saturated heterocycles. The van der Waals surface area contributed by atoms with Gasteiger partial charge in [-0.2, -0.15) is 0 Å². The molecule has 2 N–H and O–H groups in total. The number of benzene rings is 2. The Morgan fingerprint density at radius 1 is 1.10 bits per heavy atom.